The lowest BCUT2D eigenvalue weighted by Gasteiger charge is -2.13. The molecular formula is C13H9N2O2. The van der Waals surface area contributed by atoms with Crippen molar-refractivity contribution < 1.29 is 9.59 Å². The van der Waals surface area contributed by atoms with E-state index in [1.165, 1.54) is 6.20 Å². The Kier molecular flexibility index (Phi) is 3.25. The number of pyridine rings is 1. The van der Waals surface area contributed by atoms with Gasteiger partial charge in [0.15, 0.2) is 0 Å². The van der Waals surface area contributed by atoms with Crippen LogP contribution in [0, 0.1) is 0 Å². The van der Waals surface area contributed by atoms with Crippen molar-refractivity contribution in [2.45, 2.75) is 0 Å². The SMILES string of the molecule is O=[C]N(C(=O)c1ccccn1)c1ccccc1. The quantitative estimate of drug-likeness (QED) is 0.748. The van der Waals surface area contributed by atoms with Crippen LogP contribution in [0.5, 0.6) is 0 Å². The minimum atomic E-state index is -0.494. The van der Waals surface area contributed by atoms with Gasteiger partial charge in [-0.15, -0.1) is 0 Å². The Morgan fingerprint density at radius 3 is 2.35 bits per heavy atom. The van der Waals surface area contributed by atoms with E-state index in [0.29, 0.717) is 5.69 Å². The average Bonchev–Trinajstić information content (AvgIpc) is 2.42. The first-order valence-electron chi connectivity index (χ1n) is 5.01. The highest BCUT2D eigenvalue weighted by molar-refractivity contribution is 6.14. The van der Waals surface area contributed by atoms with Gasteiger partial charge >= 0.3 is 6.41 Å². The van der Waals surface area contributed by atoms with Crippen molar-refractivity contribution in [1.82, 2.24) is 4.98 Å². The van der Waals surface area contributed by atoms with E-state index in [1.807, 2.05) is 0 Å². The van der Waals surface area contributed by atoms with Gasteiger partial charge in [0.1, 0.15) is 5.69 Å². The van der Waals surface area contributed by atoms with Crippen LogP contribution in [0.15, 0.2) is 54.7 Å². The third-order valence-corrected chi connectivity index (χ3v) is 2.19. The highest BCUT2D eigenvalue weighted by atomic mass is 16.2. The number of nitrogens with zero attached hydrogens (tertiary/aromatic N) is 2. The number of para-hydroxylation sites is 1. The lowest BCUT2D eigenvalue weighted by Crippen LogP contribution is -2.29. The maximum atomic E-state index is 12.0. The average molecular weight is 225 g/mol. The summed E-state index contributed by atoms with van der Waals surface area (Å²) < 4.78 is 0. The summed E-state index contributed by atoms with van der Waals surface area (Å²) >= 11 is 0. The number of aromatic nitrogens is 1. The molecule has 1 radical (unpaired) electrons. The molecule has 1 heterocycles. The molecule has 2 amide bonds. The molecule has 0 aliphatic rings. The van der Waals surface area contributed by atoms with Crippen molar-refractivity contribution in [2.24, 2.45) is 0 Å². The van der Waals surface area contributed by atoms with E-state index >= 15 is 0 Å². The number of hydrogen-bond donors (Lipinski definition) is 0. The summed E-state index contributed by atoms with van der Waals surface area (Å²) in [6.45, 7) is 0. The lowest BCUT2D eigenvalue weighted by molar-refractivity contribution is 0.0997. The monoisotopic (exact) mass is 225 g/mol. The van der Waals surface area contributed by atoms with Gasteiger partial charge in [-0.2, -0.15) is 0 Å². The number of hydrogen-bond acceptors (Lipinski definition) is 3. The van der Waals surface area contributed by atoms with Gasteiger partial charge < -0.3 is 0 Å². The van der Waals surface area contributed by atoms with E-state index in [1.54, 1.807) is 54.9 Å². The van der Waals surface area contributed by atoms with E-state index in [-0.39, 0.29) is 5.69 Å². The summed E-state index contributed by atoms with van der Waals surface area (Å²) in [4.78, 5) is 27.7. The van der Waals surface area contributed by atoms with Crippen LogP contribution in [0.1, 0.15) is 10.5 Å². The third kappa shape index (κ3) is 2.36. The molecule has 0 aliphatic heterocycles. The Labute approximate surface area is 98.5 Å². The number of amides is 2. The minimum Gasteiger partial charge on any atom is -0.266 e. The molecule has 0 saturated carbocycles. The van der Waals surface area contributed by atoms with Crippen molar-refractivity contribution in [3.05, 3.63) is 60.4 Å². The van der Waals surface area contributed by atoms with Gasteiger partial charge in [0.2, 0.25) is 0 Å². The van der Waals surface area contributed by atoms with Crippen LogP contribution in [0.3, 0.4) is 0 Å². The highest BCUT2D eigenvalue weighted by Crippen LogP contribution is 2.13. The van der Waals surface area contributed by atoms with Crippen LogP contribution in [0.25, 0.3) is 0 Å². The fraction of sp³-hybridized carbons (Fsp3) is 0. The first-order valence-corrected chi connectivity index (χ1v) is 5.01. The predicted molar refractivity (Wildman–Crippen MR) is 63.2 cm³/mol. The summed E-state index contributed by atoms with van der Waals surface area (Å²) in [6.07, 6.45) is 3.11. The standard InChI is InChI=1S/C13H9N2O2/c16-10-15(11-6-2-1-3-7-11)13(17)12-8-4-5-9-14-12/h1-9H. The molecule has 4 nitrogen and oxygen atoms in total. The molecular weight excluding hydrogens is 216 g/mol. The van der Waals surface area contributed by atoms with Crippen molar-refractivity contribution in [2.75, 3.05) is 4.90 Å². The molecule has 0 spiro atoms. The Hall–Kier alpha value is -2.49. The molecule has 0 saturated heterocycles. The lowest BCUT2D eigenvalue weighted by atomic mass is 10.2. The molecule has 17 heavy (non-hydrogen) atoms. The first kappa shape index (κ1) is 11.0. The van der Waals surface area contributed by atoms with E-state index in [2.05, 4.69) is 4.98 Å². The molecule has 0 N–H and O–H groups in total. The third-order valence-electron chi connectivity index (χ3n) is 2.19. The number of anilines is 1. The van der Waals surface area contributed by atoms with Gasteiger partial charge in [-0.3, -0.25) is 14.6 Å². The summed E-state index contributed by atoms with van der Waals surface area (Å²) in [6, 6.07) is 13.5. The van der Waals surface area contributed by atoms with Crippen LogP contribution >= 0.6 is 0 Å². The van der Waals surface area contributed by atoms with Crippen LogP contribution in [-0.4, -0.2) is 17.3 Å². The number of benzene rings is 1. The minimum absolute atomic E-state index is 0.208. The van der Waals surface area contributed by atoms with Crippen molar-refractivity contribution in [3.63, 3.8) is 0 Å². The summed E-state index contributed by atoms with van der Waals surface area (Å²) in [7, 11) is 0. The zero-order chi connectivity index (χ0) is 12.1. The Morgan fingerprint density at radius 1 is 1.06 bits per heavy atom. The van der Waals surface area contributed by atoms with Gasteiger partial charge in [-0.05, 0) is 24.3 Å². The van der Waals surface area contributed by atoms with Gasteiger partial charge in [-0.25, -0.2) is 4.90 Å². The van der Waals surface area contributed by atoms with Gasteiger partial charge in [0, 0.05) is 6.20 Å². The maximum absolute atomic E-state index is 12.0. The fourth-order valence-corrected chi connectivity index (χ4v) is 1.39. The first-order chi connectivity index (χ1) is 8.33. The largest absolute Gasteiger partial charge is 0.324 e. The molecule has 0 bridgehead atoms. The Bertz CT molecular complexity index is 511. The molecule has 0 fully saturated rings. The number of carbonyl (C=O) groups is 1. The van der Waals surface area contributed by atoms with Crippen LogP contribution < -0.4 is 4.90 Å². The van der Waals surface area contributed by atoms with Gasteiger partial charge in [0.05, 0.1) is 5.69 Å². The van der Waals surface area contributed by atoms with E-state index in [4.69, 9.17) is 0 Å². The second-order valence-electron chi connectivity index (χ2n) is 3.28. The normalized spacial score (nSPS) is 9.65. The second-order valence-corrected chi connectivity index (χ2v) is 3.28. The van der Waals surface area contributed by atoms with Gasteiger partial charge in [-0.1, -0.05) is 24.3 Å². The van der Waals surface area contributed by atoms with Crippen molar-refractivity contribution in [1.29, 1.82) is 0 Å². The molecule has 0 aliphatic carbocycles. The molecule has 0 atom stereocenters. The molecule has 83 valence electrons. The fourth-order valence-electron chi connectivity index (χ4n) is 1.39. The molecule has 0 unspecified atom stereocenters. The molecule has 2 aromatic rings. The number of carbonyl (C=O) groups excluding carboxylic acids is 2. The summed E-state index contributed by atoms with van der Waals surface area (Å²) in [5, 5.41) is 0. The molecule has 1 aromatic heterocycles. The topological polar surface area (TPSA) is 50.3 Å². The van der Waals surface area contributed by atoms with E-state index in [9.17, 15) is 9.59 Å². The highest BCUT2D eigenvalue weighted by Gasteiger charge is 2.18. The Balaban J connectivity index is 2.32. The van der Waals surface area contributed by atoms with Crippen LogP contribution in [0.2, 0.25) is 0 Å². The molecule has 4 heteroatoms. The van der Waals surface area contributed by atoms with Gasteiger partial charge in [0.25, 0.3) is 5.91 Å². The molecule has 2 rings (SSSR count). The summed E-state index contributed by atoms with van der Waals surface area (Å²) in [5.41, 5.74) is 0.679. The van der Waals surface area contributed by atoms with E-state index < -0.39 is 5.91 Å². The van der Waals surface area contributed by atoms with Crippen LogP contribution in [0.4, 0.5) is 5.69 Å². The summed E-state index contributed by atoms with van der Waals surface area (Å²) in [5.74, 6) is -0.494. The zero-order valence-corrected chi connectivity index (χ0v) is 8.91. The number of imide groups is 1. The second kappa shape index (κ2) is 5.03. The maximum Gasteiger partial charge on any atom is 0.324 e. The van der Waals surface area contributed by atoms with Crippen LogP contribution in [-0.2, 0) is 4.79 Å². The Morgan fingerprint density at radius 2 is 1.76 bits per heavy atom. The van der Waals surface area contributed by atoms with E-state index in [0.717, 1.165) is 4.90 Å². The van der Waals surface area contributed by atoms with Crippen molar-refractivity contribution in [3.8, 4) is 0 Å². The number of rotatable bonds is 3. The zero-order valence-electron chi connectivity index (χ0n) is 8.91. The predicted octanol–water partition coefficient (Wildman–Crippen LogP) is 1.80. The smallest absolute Gasteiger partial charge is 0.266 e. The molecule has 1 aromatic carbocycles. The van der Waals surface area contributed by atoms with Crippen molar-refractivity contribution >= 4 is 18.0 Å².